The minimum Gasteiger partial charge on any atom is -0.466 e. The standard InChI is InChI=1S/C26H26N2O2/c1-18-11-12-25(29-18)22-17-23-21-9-5-6-10-24(21)30-26(28(23)27-22)15-13-20(14-16-26)19-7-3-2-4-8-19/h2-12,20,23H,13-17H2,1H3. The fraction of sp³-hybridized carbons (Fsp3) is 0.346. The van der Waals surface area contributed by atoms with Crippen molar-refractivity contribution in [3.8, 4) is 5.75 Å². The second kappa shape index (κ2) is 6.76. The number of aryl methyl sites for hydroxylation is 1. The summed E-state index contributed by atoms with van der Waals surface area (Å²) in [6, 6.07) is 23.6. The van der Waals surface area contributed by atoms with Crippen LogP contribution in [0.2, 0.25) is 0 Å². The number of hydrogen-bond donors (Lipinski definition) is 0. The molecule has 1 atom stereocenters. The van der Waals surface area contributed by atoms with Gasteiger partial charge in [-0.25, -0.2) is 5.01 Å². The van der Waals surface area contributed by atoms with E-state index in [-0.39, 0.29) is 11.8 Å². The third-order valence-corrected chi connectivity index (χ3v) is 6.97. The molecule has 1 spiro atoms. The van der Waals surface area contributed by atoms with Crippen molar-refractivity contribution in [2.75, 3.05) is 0 Å². The van der Waals surface area contributed by atoms with Crippen molar-refractivity contribution in [3.05, 3.63) is 89.4 Å². The van der Waals surface area contributed by atoms with Crippen LogP contribution in [-0.2, 0) is 0 Å². The number of hydrogen-bond acceptors (Lipinski definition) is 4. The number of para-hydroxylation sites is 1. The van der Waals surface area contributed by atoms with Gasteiger partial charge in [0, 0.05) is 24.8 Å². The number of hydrazone groups is 1. The van der Waals surface area contributed by atoms with Crippen LogP contribution < -0.4 is 4.74 Å². The van der Waals surface area contributed by atoms with Crippen molar-refractivity contribution in [2.45, 2.75) is 56.7 Å². The molecule has 3 heterocycles. The number of nitrogens with zero attached hydrogens (tertiary/aromatic N) is 2. The minimum atomic E-state index is -0.367. The van der Waals surface area contributed by atoms with Gasteiger partial charge >= 0.3 is 0 Å². The lowest BCUT2D eigenvalue weighted by molar-refractivity contribution is -0.142. The SMILES string of the molecule is Cc1ccc(C2=NN3C(C2)c2ccccc2OC32CCC(c3ccccc3)CC2)o1. The molecular formula is C26H26N2O2. The number of ether oxygens (including phenoxy) is 1. The number of furan rings is 1. The van der Waals surface area contributed by atoms with Gasteiger partial charge in [0.1, 0.15) is 23.0 Å². The molecule has 2 aliphatic heterocycles. The first-order valence-corrected chi connectivity index (χ1v) is 11.0. The fourth-order valence-corrected chi connectivity index (χ4v) is 5.43. The molecule has 1 aliphatic carbocycles. The summed E-state index contributed by atoms with van der Waals surface area (Å²) in [4.78, 5) is 0. The van der Waals surface area contributed by atoms with Crippen LogP contribution in [0, 0.1) is 6.92 Å². The van der Waals surface area contributed by atoms with E-state index in [9.17, 15) is 0 Å². The van der Waals surface area contributed by atoms with Gasteiger partial charge in [-0.15, -0.1) is 0 Å². The van der Waals surface area contributed by atoms with Crippen molar-refractivity contribution < 1.29 is 9.15 Å². The Morgan fingerprint density at radius 3 is 2.47 bits per heavy atom. The van der Waals surface area contributed by atoms with Crippen molar-refractivity contribution in [3.63, 3.8) is 0 Å². The van der Waals surface area contributed by atoms with Crippen LogP contribution in [0.25, 0.3) is 0 Å². The molecule has 6 rings (SSSR count). The Balaban J connectivity index is 1.35. The van der Waals surface area contributed by atoms with Crippen LogP contribution in [0.5, 0.6) is 5.75 Å². The molecule has 3 aliphatic rings. The van der Waals surface area contributed by atoms with Gasteiger partial charge < -0.3 is 9.15 Å². The molecule has 1 aromatic heterocycles. The van der Waals surface area contributed by atoms with E-state index in [1.54, 1.807) is 0 Å². The van der Waals surface area contributed by atoms with Gasteiger partial charge in [0.05, 0.1) is 6.04 Å². The number of fused-ring (bicyclic) bond motifs is 4. The lowest BCUT2D eigenvalue weighted by Crippen LogP contribution is -2.55. The van der Waals surface area contributed by atoms with E-state index >= 15 is 0 Å². The van der Waals surface area contributed by atoms with E-state index in [0.29, 0.717) is 5.92 Å². The van der Waals surface area contributed by atoms with Crippen LogP contribution in [0.15, 0.2) is 76.2 Å². The molecule has 1 saturated carbocycles. The summed E-state index contributed by atoms with van der Waals surface area (Å²) in [5.41, 5.74) is 3.33. The second-order valence-electron chi connectivity index (χ2n) is 8.79. The Morgan fingerprint density at radius 2 is 1.70 bits per heavy atom. The van der Waals surface area contributed by atoms with Crippen molar-refractivity contribution >= 4 is 5.71 Å². The molecule has 0 amide bonds. The summed E-state index contributed by atoms with van der Waals surface area (Å²) >= 11 is 0. The number of rotatable bonds is 2. The molecule has 0 bridgehead atoms. The predicted molar refractivity (Wildman–Crippen MR) is 117 cm³/mol. The van der Waals surface area contributed by atoms with Gasteiger partial charge in [-0.1, -0.05) is 48.5 Å². The van der Waals surface area contributed by atoms with Gasteiger partial charge in [0.2, 0.25) is 0 Å². The molecule has 0 saturated heterocycles. The summed E-state index contributed by atoms with van der Waals surface area (Å²) in [5.74, 6) is 3.42. The molecule has 1 unspecified atom stereocenters. The molecule has 4 nitrogen and oxygen atoms in total. The molecule has 4 heteroatoms. The molecule has 0 N–H and O–H groups in total. The lowest BCUT2D eigenvalue weighted by Gasteiger charge is -2.50. The van der Waals surface area contributed by atoms with Gasteiger partial charge in [0.15, 0.2) is 5.72 Å². The van der Waals surface area contributed by atoms with E-state index in [0.717, 1.165) is 55.1 Å². The van der Waals surface area contributed by atoms with E-state index in [2.05, 4.69) is 59.6 Å². The van der Waals surface area contributed by atoms with Crippen molar-refractivity contribution in [1.82, 2.24) is 5.01 Å². The Morgan fingerprint density at radius 1 is 0.933 bits per heavy atom. The van der Waals surface area contributed by atoms with Crippen molar-refractivity contribution in [1.29, 1.82) is 0 Å². The highest BCUT2D eigenvalue weighted by molar-refractivity contribution is 5.99. The first kappa shape index (κ1) is 17.8. The van der Waals surface area contributed by atoms with Crippen LogP contribution in [0.4, 0.5) is 0 Å². The van der Waals surface area contributed by atoms with E-state index in [4.69, 9.17) is 14.3 Å². The number of benzene rings is 2. The maximum Gasteiger partial charge on any atom is 0.198 e. The summed E-state index contributed by atoms with van der Waals surface area (Å²) in [5, 5.41) is 7.37. The summed E-state index contributed by atoms with van der Waals surface area (Å²) in [6.07, 6.45) is 5.04. The highest BCUT2D eigenvalue weighted by Gasteiger charge is 2.52. The quantitative estimate of drug-likeness (QED) is 0.517. The largest absolute Gasteiger partial charge is 0.466 e. The highest BCUT2D eigenvalue weighted by Crippen LogP contribution is 2.52. The van der Waals surface area contributed by atoms with E-state index in [1.807, 2.05) is 19.1 Å². The van der Waals surface area contributed by atoms with Crippen LogP contribution in [-0.4, -0.2) is 16.4 Å². The Kier molecular flexibility index (Phi) is 4.02. The molecule has 0 radical (unpaired) electrons. The second-order valence-corrected chi connectivity index (χ2v) is 8.79. The zero-order chi connectivity index (χ0) is 20.1. The Labute approximate surface area is 177 Å². The summed E-state index contributed by atoms with van der Waals surface area (Å²) in [6.45, 7) is 1.98. The van der Waals surface area contributed by atoms with Gasteiger partial charge in [-0.2, -0.15) is 5.10 Å². The maximum atomic E-state index is 6.74. The van der Waals surface area contributed by atoms with Gasteiger partial charge in [-0.05, 0) is 49.4 Å². The van der Waals surface area contributed by atoms with Crippen LogP contribution >= 0.6 is 0 Å². The third-order valence-electron chi connectivity index (χ3n) is 6.97. The first-order valence-electron chi connectivity index (χ1n) is 11.0. The topological polar surface area (TPSA) is 38.0 Å². The summed E-state index contributed by atoms with van der Waals surface area (Å²) in [7, 11) is 0. The predicted octanol–water partition coefficient (Wildman–Crippen LogP) is 6.19. The minimum absolute atomic E-state index is 0.212. The average molecular weight is 399 g/mol. The lowest BCUT2D eigenvalue weighted by atomic mass is 9.78. The monoisotopic (exact) mass is 398 g/mol. The zero-order valence-electron chi connectivity index (χ0n) is 17.3. The summed E-state index contributed by atoms with van der Waals surface area (Å²) < 4.78 is 12.7. The van der Waals surface area contributed by atoms with Crippen LogP contribution in [0.1, 0.15) is 66.7 Å². The fourth-order valence-electron chi connectivity index (χ4n) is 5.43. The third kappa shape index (κ3) is 2.78. The average Bonchev–Trinajstić information content (AvgIpc) is 3.42. The Bertz CT molecular complexity index is 1090. The Hall–Kier alpha value is -3.01. The van der Waals surface area contributed by atoms with Crippen LogP contribution in [0.3, 0.4) is 0 Å². The normalized spacial score (nSPS) is 27.4. The highest BCUT2D eigenvalue weighted by atomic mass is 16.5. The zero-order valence-corrected chi connectivity index (χ0v) is 17.3. The van der Waals surface area contributed by atoms with Crippen molar-refractivity contribution in [2.24, 2.45) is 5.10 Å². The maximum absolute atomic E-state index is 6.74. The first-order chi connectivity index (χ1) is 14.7. The molecular weight excluding hydrogens is 372 g/mol. The van der Waals surface area contributed by atoms with E-state index < -0.39 is 0 Å². The van der Waals surface area contributed by atoms with Gasteiger partial charge in [0.25, 0.3) is 0 Å². The van der Waals surface area contributed by atoms with Gasteiger partial charge in [-0.3, -0.25) is 0 Å². The molecule has 1 fully saturated rings. The molecule has 3 aromatic rings. The molecule has 2 aromatic carbocycles. The smallest absolute Gasteiger partial charge is 0.198 e. The molecule has 30 heavy (non-hydrogen) atoms. The molecule has 152 valence electrons. The van der Waals surface area contributed by atoms with E-state index in [1.165, 1.54) is 11.1 Å².